The summed E-state index contributed by atoms with van der Waals surface area (Å²) >= 11 is 1.65. The van der Waals surface area contributed by atoms with Crippen molar-refractivity contribution in [1.82, 2.24) is 9.88 Å². The highest BCUT2D eigenvalue weighted by Crippen LogP contribution is 2.18. The van der Waals surface area contributed by atoms with Crippen molar-refractivity contribution in [3.63, 3.8) is 0 Å². The van der Waals surface area contributed by atoms with E-state index in [4.69, 9.17) is 5.11 Å². The number of carbonyl (C=O) groups is 1. The molecule has 0 unspecified atom stereocenters. The molecule has 1 fully saturated rings. The van der Waals surface area contributed by atoms with Crippen LogP contribution in [0.4, 0.5) is 0 Å². The molecule has 0 radical (unpaired) electrons. The SMILES string of the molecule is O=C(CSCc1ccncc1)N1CCC(CO)CC1. The van der Waals surface area contributed by atoms with Crippen LogP contribution in [0.5, 0.6) is 0 Å². The smallest absolute Gasteiger partial charge is 0.232 e. The third-order valence-electron chi connectivity index (χ3n) is 3.47. The first-order chi connectivity index (χ1) is 9.29. The van der Waals surface area contributed by atoms with E-state index in [9.17, 15) is 4.79 Å². The zero-order valence-corrected chi connectivity index (χ0v) is 11.8. The average Bonchev–Trinajstić information content (AvgIpc) is 2.48. The Bertz CT molecular complexity index is 392. The van der Waals surface area contributed by atoms with E-state index >= 15 is 0 Å². The zero-order valence-electron chi connectivity index (χ0n) is 11.0. The Kier molecular flexibility index (Phi) is 5.66. The van der Waals surface area contributed by atoms with Crippen molar-refractivity contribution >= 4 is 17.7 Å². The normalized spacial score (nSPS) is 16.6. The second-order valence-corrected chi connectivity index (χ2v) is 5.84. The van der Waals surface area contributed by atoms with Gasteiger partial charge >= 0.3 is 0 Å². The summed E-state index contributed by atoms with van der Waals surface area (Å²) in [5.74, 6) is 1.98. The number of aliphatic hydroxyl groups excluding tert-OH is 1. The Balaban J connectivity index is 1.67. The highest BCUT2D eigenvalue weighted by atomic mass is 32.2. The van der Waals surface area contributed by atoms with Crippen molar-refractivity contribution in [2.75, 3.05) is 25.4 Å². The van der Waals surface area contributed by atoms with Crippen LogP contribution in [-0.2, 0) is 10.5 Å². The number of thioether (sulfide) groups is 1. The zero-order chi connectivity index (χ0) is 13.5. The Labute approximate surface area is 118 Å². The first kappa shape index (κ1) is 14.3. The van der Waals surface area contributed by atoms with Gasteiger partial charge < -0.3 is 10.0 Å². The first-order valence-electron chi connectivity index (χ1n) is 6.65. The van der Waals surface area contributed by atoms with E-state index in [1.807, 2.05) is 17.0 Å². The van der Waals surface area contributed by atoms with Crippen molar-refractivity contribution in [3.05, 3.63) is 30.1 Å². The molecular weight excluding hydrogens is 260 g/mol. The van der Waals surface area contributed by atoms with Gasteiger partial charge in [-0.25, -0.2) is 0 Å². The number of nitrogens with zero attached hydrogens (tertiary/aromatic N) is 2. The predicted molar refractivity (Wildman–Crippen MR) is 76.8 cm³/mol. The predicted octanol–water partition coefficient (Wildman–Crippen LogP) is 1.55. The van der Waals surface area contributed by atoms with Crippen LogP contribution in [0.15, 0.2) is 24.5 Å². The lowest BCUT2D eigenvalue weighted by Gasteiger charge is -2.31. The lowest BCUT2D eigenvalue weighted by Crippen LogP contribution is -2.40. The molecule has 1 saturated heterocycles. The summed E-state index contributed by atoms with van der Waals surface area (Å²) in [6, 6.07) is 3.95. The van der Waals surface area contributed by atoms with Gasteiger partial charge in [-0.15, -0.1) is 11.8 Å². The topological polar surface area (TPSA) is 53.4 Å². The number of aliphatic hydroxyl groups is 1. The van der Waals surface area contributed by atoms with Gasteiger partial charge in [-0.2, -0.15) is 0 Å². The minimum atomic E-state index is 0.218. The van der Waals surface area contributed by atoms with E-state index < -0.39 is 0 Å². The molecule has 1 aliphatic rings. The molecule has 104 valence electrons. The van der Waals surface area contributed by atoms with Crippen LogP contribution in [0.3, 0.4) is 0 Å². The molecule has 1 amide bonds. The summed E-state index contributed by atoms with van der Waals surface area (Å²) in [6.45, 7) is 1.83. The van der Waals surface area contributed by atoms with Gasteiger partial charge in [0, 0.05) is 37.8 Å². The molecule has 2 heterocycles. The van der Waals surface area contributed by atoms with Gasteiger partial charge in [-0.05, 0) is 36.5 Å². The van der Waals surface area contributed by atoms with Crippen molar-refractivity contribution < 1.29 is 9.90 Å². The van der Waals surface area contributed by atoms with E-state index in [0.29, 0.717) is 11.7 Å². The summed E-state index contributed by atoms with van der Waals surface area (Å²) in [5, 5.41) is 9.07. The van der Waals surface area contributed by atoms with Crippen LogP contribution in [0, 0.1) is 5.92 Å². The molecule has 0 saturated carbocycles. The van der Waals surface area contributed by atoms with Gasteiger partial charge in [0.25, 0.3) is 0 Å². The quantitative estimate of drug-likeness (QED) is 0.889. The fourth-order valence-corrected chi connectivity index (χ4v) is 3.08. The number of pyridine rings is 1. The van der Waals surface area contributed by atoms with Crippen molar-refractivity contribution in [2.45, 2.75) is 18.6 Å². The molecule has 0 aliphatic carbocycles. The van der Waals surface area contributed by atoms with Gasteiger partial charge in [-0.3, -0.25) is 9.78 Å². The minimum Gasteiger partial charge on any atom is -0.396 e. The molecule has 4 nitrogen and oxygen atoms in total. The number of carbonyl (C=O) groups excluding carboxylic acids is 1. The van der Waals surface area contributed by atoms with Crippen molar-refractivity contribution in [1.29, 1.82) is 0 Å². The Morgan fingerprint density at radius 1 is 1.37 bits per heavy atom. The molecule has 2 rings (SSSR count). The largest absolute Gasteiger partial charge is 0.396 e. The van der Waals surface area contributed by atoms with E-state index in [2.05, 4.69) is 4.98 Å². The van der Waals surface area contributed by atoms with E-state index in [1.54, 1.807) is 24.2 Å². The lowest BCUT2D eigenvalue weighted by atomic mass is 9.98. The number of hydrogen-bond donors (Lipinski definition) is 1. The molecule has 0 bridgehead atoms. The highest BCUT2D eigenvalue weighted by Gasteiger charge is 2.21. The standard InChI is InChI=1S/C14H20N2O2S/c17-9-12-3-7-16(8-4-12)14(18)11-19-10-13-1-5-15-6-2-13/h1-2,5-6,12,17H,3-4,7-11H2. The minimum absolute atomic E-state index is 0.218. The monoisotopic (exact) mass is 280 g/mol. The van der Waals surface area contributed by atoms with Crippen LogP contribution in [-0.4, -0.2) is 46.3 Å². The fraction of sp³-hybridized carbons (Fsp3) is 0.571. The number of likely N-dealkylation sites (tertiary alicyclic amines) is 1. The molecule has 19 heavy (non-hydrogen) atoms. The van der Waals surface area contributed by atoms with Crippen LogP contribution in [0.2, 0.25) is 0 Å². The Morgan fingerprint density at radius 3 is 2.68 bits per heavy atom. The number of aromatic nitrogens is 1. The van der Waals surface area contributed by atoms with Crippen LogP contribution in [0.1, 0.15) is 18.4 Å². The second kappa shape index (κ2) is 7.50. The molecule has 1 aliphatic heterocycles. The van der Waals surface area contributed by atoms with Crippen LogP contribution < -0.4 is 0 Å². The third kappa shape index (κ3) is 4.51. The highest BCUT2D eigenvalue weighted by molar-refractivity contribution is 7.99. The number of piperidine rings is 1. The number of rotatable bonds is 5. The second-order valence-electron chi connectivity index (χ2n) is 4.85. The molecule has 0 atom stereocenters. The summed E-state index contributed by atoms with van der Waals surface area (Å²) in [5.41, 5.74) is 1.20. The Hall–Kier alpha value is -1.07. The third-order valence-corrected chi connectivity index (χ3v) is 4.46. The van der Waals surface area contributed by atoms with Crippen LogP contribution >= 0.6 is 11.8 Å². The molecule has 0 spiro atoms. The van der Waals surface area contributed by atoms with Gasteiger partial charge in [-0.1, -0.05) is 0 Å². The summed E-state index contributed by atoms with van der Waals surface area (Å²) < 4.78 is 0. The maximum absolute atomic E-state index is 12.0. The maximum atomic E-state index is 12.0. The van der Waals surface area contributed by atoms with Gasteiger partial charge in [0.15, 0.2) is 0 Å². The number of hydrogen-bond acceptors (Lipinski definition) is 4. The lowest BCUT2D eigenvalue weighted by molar-refractivity contribution is -0.129. The molecule has 1 N–H and O–H groups in total. The van der Waals surface area contributed by atoms with E-state index in [0.717, 1.165) is 31.7 Å². The van der Waals surface area contributed by atoms with Gasteiger partial charge in [0.2, 0.25) is 5.91 Å². The summed E-state index contributed by atoms with van der Waals surface area (Å²) in [6.07, 6.45) is 5.41. The molecule has 5 heteroatoms. The van der Waals surface area contributed by atoms with E-state index in [1.165, 1.54) is 5.56 Å². The molecular formula is C14H20N2O2S. The Morgan fingerprint density at radius 2 is 2.05 bits per heavy atom. The van der Waals surface area contributed by atoms with Crippen molar-refractivity contribution in [2.24, 2.45) is 5.92 Å². The average molecular weight is 280 g/mol. The maximum Gasteiger partial charge on any atom is 0.232 e. The number of amides is 1. The van der Waals surface area contributed by atoms with Crippen molar-refractivity contribution in [3.8, 4) is 0 Å². The fourth-order valence-electron chi connectivity index (χ4n) is 2.19. The van der Waals surface area contributed by atoms with E-state index in [-0.39, 0.29) is 12.5 Å². The molecule has 1 aromatic rings. The molecule has 1 aromatic heterocycles. The first-order valence-corrected chi connectivity index (χ1v) is 7.80. The van der Waals surface area contributed by atoms with Gasteiger partial charge in [0.05, 0.1) is 5.75 Å². The summed E-state index contributed by atoms with van der Waals surface area (Å²) in [7, 11) is 0. The molecule has 0 aromatic carbocycles. The summed E-state index contributed by atoms with van der Waals surface area (Å²) in [4.78, 5) is 17.9. The van der Waals surface area contributed by atoms with Crippen LogP contribution in [0.25, 0.3) is 0 Å². The van der Waals surface area contributed by atoms with Gasteiger partial charge in [0.1, 0.15) is 0 Å².